The van der Waals surface area contributed by atoms with Gasteiger partial charge in [-0.05, 0) is 12.1 Å². The summed E-state index contributed by atoms with van der Waals surface area (Å²) in [4.78, 5) is 28.7. The first-order valence-electron chi connectivity index (χ1n) is 5.40. The fourth-order valence-corrected chi connectivity index (χ4v) is 1.80. The molecule has 2 heterocycles. The van der Waals surface area contributed by atoms with Gasteiger partial charge < -0.3 is 16.0 Å². The number of carbonyl (C=O) groups excluding carboxylic acids is 2. The molecule has 6 nitrogen and oxygen atoms in total. The molecule has 1 aromatic rings. The van der Waals surface area contributed by atoms with Gasteiger partial charge in [-0.2, -0.15) is 0 Å². The predicted octanol–water partition coefficient (Wildman–Crippen LogP) is -1.02. The van der Waals surface area contributed by atoms with Crippen molar-refractivity contribution in [2.24, 2.45) is 5.73 Å². The topological polar surface area (TPSA) is 88.3 Å². The number of rotatable bonds is 2. The Bertz CT molecular complexity index is 421. The van der Waals surface area contributed by atoms with Crippen LogP contribution in [-0.2, 0) is 4.79 Å². The number of primary amides is 1. The number of hydrogen-bond donors (Lipinski definition) is 2. The summed E-state index contributed by atoms with van der Waals surface area (Å²) >= 11 is 0. The standard InChI is InChI=1S/C11H14N4O2/c12-10(16)9-7-15(5-4-14-9)11(17)8-2-1-3-13-6-8/h1-3,6,9,14H,4-5,7H2,(H2,12,16)/t9-/m1/s1. The molecule has 0 saturated carbocycles. The quantitative estimate of drug-likeness (QED) is 0.685. The molecular formula is C11H14N4O2. The molecular weight excluding hydrogens is 220 g/mol. The Kier molecular flexibility index (Phi) is 3.34. The molecule has 1 atom stereocenters. The number of carbonyl (C=O) groups is 2. The van der Waals surface area contributed by atoms with Crippen molar-refractivity contribution in [1.29, 1.82) is 0 Å². The van der Waals surface area contributed by atoms with Crippen molar-refractivity contribution in [1.82, 2.24) is 15.2 Å². The Morgan fingerprint density at radius 2 is 2.35 bits per heavy atom. The minimum absolute atomic E-state index is 0.120. The van der Waals surface area contributed by atoms with Crippen LogP contribution in [0.1, 0.15) is 10.4 Å². The van der Waals surface area contributed by atoms with E-state index in [0.717, 1.165) is 0 Å². The zero-order chi connectivity index (χ0) is 12.3. The van der Waals surface area contributed by atoms with Crippen LogP contribution in [0.5, 0.6) is 0 Å². The number of aromatic nitrogens is 1. The molecule has 1 saturated heterocycles. The average molecular weight is 234 g/mol. The van der Waals surface area contributed by atoms with Gasteiger partial charge in [-0.1, -0.05) is 0 Å². The molecule has 0 aromatic carbocycles. The first-order chi connectivity index (χ1) is 8.18. The first kappa shape index (κ1) is 11.5. The Morgan fingerprint density at radius 1 is 1.53 bits per heavy atom. The predicted molar refractivity (Wildman–Crippen MR) is 61.1 cm³/mol. The van der Waals surface area contributed by atoms with Crippen molar-refractivity contribution in [2.75, 3.05) is 19.6 Å². The summed E-state index contributed by atoms with van der Waals surface area (Å²) in [6.45, 7) is 1.44. The molecule has 0 aliphatic carbocycles. The molecule has 1 fully saturated rings. The third kappa shape index (κ3) is 2.59. The van der Waals surface area contributed by atoms with Gasteiger partial charge in [0.2, 0.25) is 5.91 Å². The molecule has 1 aliphatic heterocycles. The molecule has 0 radical (unpaired) electrons. The number of amides is 2. The van der Waals surface area contributed by atoms with E-state index in [1.54, 1.807) is 23.2 Å². The lowest BCUT2D eigenvalue weighted by molar-refractivity contribution is -0.120. The third-order valence-electron chi connectivity index (χ3n) is 2.71. The zero-order valence-corrected chi connectivity index (χ0v) is 9.30. The Balaban J connectivity index is 2.07. The molecule has 1 aliphatic rings. The largest absolute Gasteiger partial charge is 0.368 e. The van der Waals surface area contributed by atoms with Gasteiger partial charge in [0.15, 0.2) is 0 Å². The summed E-state index contributed by atoms with van der Waals surface area (Å²) in [5, 5.41) is 2.97. The normalized spacial score (nSPS) is 20.0. The second kappa shape index (κ2) is 4.92. The molecule has 0 unspecified atom stereocenters. The van der Waals surface area contributed by atoms with E-state index in [-0.39, 0.29) is 5.91 Å². The van der Waals surface area contributed by atoms with Gasteiger partial charge >= 0.3 is 0 Å². The highest BCUT2D eigenvalue weighted by Gasteiger charge is 2.26. The highest BCUT2D eigenvalue weighted by atomic mass is 16.2. The van der Waals surface area contributed by atoms with E-state index < -0.39 is 11.9 Å². The van der Waals surface area contributed by atoms with Crippen molar-refractivity contribution < 1.29 is 9.59 Å². The molecule has 1 aromatic heterocycles. The van der Waals surface area contributed by atoms with Crippen LogP contribution in [0.4, 0.5) is 0 Å². The lowest BCUT2D eigenvalue weighted by Crippen LogP contribution is -2.57. The van der Waals surface area contributed by atoms with Gasteiger partial charge in [0.05, 0.1) is 5.56 Å². The van der Waals surface area contributed by atoms with Gasteiger partial charge in [-0.25, -0.2) is 0 Å². The van der Waals surface area contributed by atoms with E-state index in [1.807, 2.05) is 0 Å². The van der Waals surface area contributed by atoms with Gasteiger partial charge in [0, 0.05) is 32.0 Å². The van der Waals surface area contributed by atoms with Crippen LogP contribution in [0.25, 0.3) is 0 Å². The minimum atomic E-state index is -0.468. The molecule has 0 bridgehead atoms. The summed E-state index contributed by atoms with van der Waals surface area (Å²) in [7, 11) is 0. The third-order valence-corrected chi connectivity index (χ3v) is 2.71. The maximum Gasteiger partial charge on any atom is 0.255 e. The fourth-order valence-electron chi connectivity index (χ4n) is 1.80. The lowest BCUT2D eigenvalue weighted by Gasteiger charge is -2.32. The molecule has 3 N–H and O–H groups in total. The summed E-state index contributed by atoms with van der Waals surface area (Å²) in [5.41, 5.74) is 5.74. The number of piperazine rings is 1. The Morgan fingerprint density at radius 3 is 3.00 bits per heavy atom. The monoisotopic (exact) mass is 234 g/mol. The van der Waals surface area contributed by atoms with Crippen molar-refractivity contribution in [3.8, 4) is 0 Å². The van der Waals surface area contributed by atoms with Crippen LogP contribution in [0.3, 0.4) is 0 Å². The van der Waals surface area contributed by atoms with E-state index in [1.165, 1.54) is 6.20 Å². The van der Waals surface area contributed by atoms with Crippen molar-refractivity contribution >= 4 is 11.8 Å². The van der Waals surface area contributed by atoms with Gasteiger partial charge in [-0.15, -0.1) is 0 Å². The summed E-state index contributed by atoms with van der Waals surface area (Å²) in [6.07, 6.45) is 3.13. The number of nitrogens with two attached hydrogens (primary N) is 1. The van der Waals surface area contributed by atoms with Gasteiger partial charge in [0.1, 0.15) is 6.04 Å². The van der Waals surface area contributed by atoms with Gasteiger partial charge in [-0.3, -0.25) is 14.6 Å². The van der Waals surface area contributed by atoms with E-state index in [2.05, 4.69) is 10.3 Å². The number of nitrogens with zero attached hydrogens (tertiary/aromatic N) is 2. The minimum Gasteiger partial charge on any atom is -0.368 e. The molecule has 2 rings (SSSR count). The highest BCUT2D eigenvalue weighted by Crippen LogP contribution is 2.06. The van der Waals surface area contributed by atoms with Crippen LogP contribution >= 0.6 is 0 Å². The first-order valence-corrected chi connectivity index (χ1v) is 5.40. The molecule has 6 heteroatoms. The maximum absolute atomic E-state index is 12.1. The molecule has 0 spiro atoms. The van der Waals surface area contributed by atoms with Gasteiger partial charge in [0.25, 0.3) is 5.91 Å². The second-order valence-corrected chi connectivity index (χ2v) is 3.90. The molecule has 17 heavy (non-hydrogen) atoms. The van der Waals surface area contributed by atoms with E-state index in [4.69, 9.17) is 5.73 Å². The van der Waals surface area contributed by atoms with Crippen molar-refractivity contribution in [3.63, 3.8) is 0 Å². The van der Waals surface area contributed by atoms with E-state index in [9.17, 15) is 9.59 Å². The SMILES string of the molecule is NC(=O)[C@H]1CN(C(=O)c2cccnc2)CCN1. The van der Waals surface area contributed by atoms with E-state index in [0.29, 0.717) is 25.2 Å². The van der Waals surface area contributed by atoms with Crippen molar-refractivity contribution in [3.05, 3.63) is 30.1 Å². The summed E-state index contributed by atoms with van der Waals surface area (Å²) in [5.74, 6) is -0.556. The maximum atomic E-state index is 12.1. The summed E-state index contributed by atoms with van der Waals surface area (Å²) in [6, 6.07) is 2.95. The van der Waals surface area contributed by atoms with Crippen LogP contribution in [-0.4, -0.2) is 47.4 Å². The Hall–Kier alpha value is -1.95. The van der Waals surface area contributed by atoms with E-state index >= 15 is 0 Å². The fraction of sp³-hybridized carbons (Fsp3) is 0.364. The van der Waals surface area contributed by atoms with Crippen LogP contribution in [0, 0.1) is 0 Å². The van der Waals surface area contributed by atoms with Crippen LogP contribution in [0.15, 0.2) is 24.5 Å². The number of pyridine rings is 1. The van der Waals surface area contributed by atoms with Crippen molar-refractivity contribution in [2.45, 2.75) is 6.04 Å². The van der Waals surface area contributed by atoms with Crippen LogP contribution in [0.2, 0.25) is 0 Å². The lowest BCUT2D eigenvalue weighted by atomic mass is 10.1. The second-order valence-electron chi connectivity index (χ2n) is 3.90. The Labute approximate surface area is 98.8 Å². The smallest absolute Gasteiger partial charge is 0.255 e. The van der Waals surface area contributed by atoms with Crippen LogP contribution < -0.4 is 11.1 Å². The zero-order valence-electron chi connectivity index (χ0n) is 9.30. The number of nitrogens with one attached hydrogen (secondary N) is 1. The average Bonchev–Trinajstić information content (AvgIpc) is 2.39. The highest BCUT2D eigenvalue weighted by molar-refractivity contribution is 5.94. The molecule has 90 valence electrons. The molecule has 2 amide bonds. The number of hydrogen-bond acceptors (Lipinski definition) is 4. The summed E-state index contributed by atoms with van der Waals surface area (Å²) < 4.78 is 0.